The molecule has 2 N–H and O–H groups in total. The third kappa shape index (κ3) is 2.66. The van der Waals surface area contributed by atoms with Gasteiger partial charge in [-0.1, -0.05) is 22.0 Å². The predicted molar refractivity (Wildman–Crippen MR) is 61.8 cm³/mol. The normalized spacial score (nSPS) is 34.6. The molecular formula is C11H15BrO4. The second kappa shape index (κ2) is 5.31. The quantitative estimate of drug-likeness (QED) is 0.772. The number of aliphatic hydroxyl groups excluding tert-OH is 2. The van der Waals surface area contributed by atoms with E-state index in [0.717, 1.165) is 29.5 Å². The van der Waals surface area contributed by atoms with Crippen LogP contribution in [-0.2, 0) is 9.47 Å². The van der Waals surface area contributed by atoms with Gasteiger partial charge in [-0.15, -0.1) is 0 Å². The van der Waals surface area contributed by atoms with Crippen LogP contribution >= 0.6 is 15.9 Å². The summed E-state index contributed by atoms with van der Waals surface area (Å²) < 4.78 is 12.1. The molecule has 1 aliphatic heterocycles. The zero-order chi connectivity index (χ0) is 11.5. The number of halogens is 1. The Balaban J connectivity index is 1.96. The molecule has 0 radical (unpaired) electrons. The first kappa shape index (κ1) is 12.1. The molecule has 1 aliphatic carbocycles. The number of rotatable bonds is 3. The van der Waals surface area contributed by atoms with Gasteiger partial charge in [-0.2, -0.15) is 0 Å². The summed E-state index contributed by atoms with van der Waals surface area (Å²) in [5, 5.41) is 18.4. The van der Waals surface area contributed by atoms with Gasteiger partial charge in [0, 0.05) is 10.9 Å². The second-order valence-electron chi connectivity index (χ2n) is 3.90. The molecule has 0 fully saturated rings. The van der Waals surface area contributed by atoms with Gasteiger partial charge in [-0.25, -0.2) is 0 Å². The first-order chi connectivity index (χ1) is 7.70. The summed E-state index contributed by atoms with van der Waals surface area (Å²) >= 11 is 3.45. The smallest absolute Gasteiger partial charge is 0.219 e. The number of hydrogen-bond donors (Lipinski definition) is 2. The molecule has 4 nitrogen and oxygen atoms in total. The molecule has 2 rings (SSSR count). The van der Waals surface area contributed by atoms with E-state index in [0.29, 0.717) is 0 Å². The maximum Gasteiger partial charge on any atom is 0.219 e. The van der Waals surface area contributed by atoms with Crippen LogP contribution in [0.4, 0.5) is 0 Å². The molecule has 0 spiro atoms. The summed E-state index contributed by atoms with van der Waals surface area (Å²) in [5.41, 5.74) is 0. The predicted octanol–water partition coefficient (Wildman–Crippen LogP) is 1.43. The van der Waals surface area contributed by atoms with Crippen LogP contribution in [0.5, 0.6) is 0 Å². The van der Waals surface area contributed by atoms with Crippen LogP contribution in [0, 0.1) is 0 Å². The van der Waals surface area contributed by atoms with Crippen molar-refractivity contribution in [2.45, 2.75) is 37.8 Å². The largest absolute Gasteiger partial charge is 0.465 e. The number of hydrogen-bond acceptors (Lipinski definition) is 4. The molecule has 0 saturated carbocycles. The monoisotopic (exact) mass is 290 g/mol. The van der Waals surface area contributed by atoms with Crippen molar-refractivity contribution in [2.24, 2.45) is 0 Å². The van der Waals surface area contributed by atoms with Crippen molar-refractivity contribution in [1.29, 1.82) is 0 Å². The lowest BCUT2D eigenvalue weighted by Crippen LogP contribution is -2.38. The van der Waals surface area contributed by atoms with Crippen LogP contribution in [0.1, 0.15) is 19.3 Å². The Morgan fingerprint density at radius 2 is 2.25 bits per heavy atom. The first-order valence-corrected chi connectivity index (χ1v) is 6.17. The molecule has 90 valence electrons. The SMILES string of the molecule is OC[C@H]1O[C@H](OC2=C(Br)CCC2)C=C[C@H]1O. The van der Waals surface area contributed by atoms with Crippen molar-refractivity contribution in [2.75, 3.05) is 6.61 Å². The van der Waals surface area contributed by atoms with E-state index in [1.165, 1.54) is 0 Å². The fourth-order valence-electron chi connectivity index (χ4n) is 1.79. The summed E-state index contributed by atoms with van der Waals surface area (Å²) in [7, 11) is 0. The van der Waals surface area contributed by atoms with E-state index >= 15 is 0 Å². The molecule has 0 aromatic rings. The summed E-state index contributed by atoms with van der Waals surface area (Å²) in [6.07, 6.45) is 4.38. The Morgan fingerprint density at radius 3 is 2.88 bits per heavy atom. The van der Waals surface area contributed by atoms with Gasteiger partial charge in [0.2, 0.25) is 6.29 Å². The van der Waals surface area contributed by atoms with Crippen molar-refractivity contribution in [3.8, 4) is 0 Å². The average molecular weight is 291 g/mol. The van der Waals surface area contributed by atoms with Gasteiger partial charge in [-0.05, 0) is 18.9 Å². The van der Waals surface area contributed by atoms with Gasteiger partial charge < -0.3 is 19.7 Å². The molecule has 0 amide bonds. The van der Waals surface area contributed by atoms with Crippen LogP contribution in [0.2, 0.25) is 0 Å². The molecule has 3 atom stereocenters. The fourth-order valence-corrected chi connectivity index (χ4v) is 2.36. The third-order valence-corrected chi connectivity index (χ3v) is 3.54. The molecule has 0 saturated heterocycles. The lowest BCUT2D eigenvalue weighted by molar-refractivity contribution is -0.164. The summed E-state index contributed by atoms with van der Waals surface area (Å²) in [4.78, 5) is 0. The van der Waals surface area contributed by atoms with E-state index < -0.39 is 18.5 Å². The fraction of sp³-hybridized carbons (Fsp3) is 0.636. The summed E-state index contributed by atoms with van der Waals surface area (Å²) in [6.45, 7) is -0.217. The van der Waals surface area contributed by atoms with E-state index in [1.54, 1.807) is 12.2 Å². The second-order valence-corrected chi connectivity index (χ2v) is 4.86. The van der Waals surface area contributed by atoms with E-state index in [2.05, 4.69) is 15.9 Å². The molecule has 2 aliphatic rings. The maximum absolute atomic E-state index is 9.45. The lowest BCUT2D eigenvalue weighted by atomic mass is 10.1. The van der Waals surface area contributed by atoms with Crippen molar-refractivity contribution < 1.29 is 19.7 Å². The average Bonchev–Trinajstić information content (AvgIpc) is 2.67. The number of aliphatic hydroxyl groups is 2. The molecule has 1 heterocycles. The van der Waals surface area contributed by atoms with Crippen molar-refractivity contribution >= 4 is 15.9 Å². The van der Waals surface area contributed by atoms with Crippen molar-refractivity contribution in [3.05, 3.63) is 22.4 Å². The Kier molecular flexibility index (Phi) is 4.02. The highest BCUT2D eigenvalue weighted by Crippen LogP contribution is 2.32. The molecule has 0 aromatic heterocycles. The minimum absolute atomic E-state index is 0.217. The molecule has 0 bridgehead atoms. The zero-order valence-electron chi connectivity index (χ0n) is 8.80. The van der Waals surface area contributed by atoms with Gasteiger partial charge >= 0.3 is 0 Å². The minimum Gasteiger partial charge on any atom is -0.465 e. The van der Waals surface area contributed by atoms with Crippen molar-refractivity contribution in [3.63, 3.8) is 0 Å². The zero-order valence-corrected chi connectivity index (χ0v) is 10.4. The van der Waals surface area contributed by atoms with Crippen LogP contribution in [0.3, 0.4) is 0 Å². The van der Waals surface area contributed by atoms with Gasteiger partial charge in [0.1, 0.15) is 18.0 Å². The van der Waals surface area contributed by atoms with Gasteiger partial charge in [0.25, 0.3) is 0 Å². The van der Waals surface area contributed by atoms with E-state index in [4.69, 9.17) is 14.6 Å². The molecule has 0 unspecified atom stereocenters. The molecule has 5 heteroatoms. The standard InChI is InChI=1S/C11H15BrO4/c12-7-2-1-3-9(7)15-11-5-4-8(14)10(6-13)16-11/h4-5,8,10-11,13-14H,1-3,6H2/t8-,10-,11+/m1/s1. The maximum atomic E-state index is 9.45. The van der Waals surface area contributed by atoms with Crippen LogP contribution in [-0.4, -0.2) is 35.3 Å². The highest BCUT2D eigenvalue weighted by Gasteiger charge is 2.27. The highest BCUT2D eigenvalue weighted by atomic mass is 79.9. The Bertz CT molecular complexity index is 313. The van der Waals surface area contributed by atoms with Gasteiger partial charge in [-0.3, -0.25) is 0 Å². The van der Waals surface area contributed by atoms with Gasteiger partial charge in [0.05, 0.1) is 6.61 Å². The minimum atomic E-state index is -0.758. The van der Waals surface area contributed by atoms with E-state index in [9.17, 15) is 5.11 Å². The first-order valence-electron chi connectivity index (χ1n) is 5.37. The Hall–Kier alpha value is -0.360. The third-order valence-electron chi connectivity index (χ3n) is 2.70. The van der Waals surface area contributed by atoms with Crippen LogP contribution in [0.15, 0.2) is 22.4 Å². The Labute approximate surface area is 103 Å². The van der Waals surface area contributed by atoms with Crippen LogP contribution in [0.25, 0.3) is 0 Å². The van der Waals surface area contributed by atoms with Crippen LogP contribution < -0.4 is 0 Å². The molecular weight excluding hydrogens is 276 g/mol. The number of allylic oxidation sites excluding steroid dienone is 2. The Morgan fingerprint density at radius 1 is 1.44 bits per heavy atom. The molecule has 0 aromatic carbocycles. The summed E-state index contributed by atoms with van der Waals surface area (Å²) in [6, 6.07) is 0. The number of ether oxygens (including phenoxy) is 2. The lowest BCUT2D eigenvalue weighted by Gasteiger charge is -2.28. The molecule has 16 heavy (non-hydrogen) atoms. The van der Waals surface area contributed by atoms with Gasteiger partial charge in [0.15, 0.2) is 0 Å². The topological polar surface area (TPSA) is 58.9 Å². The van der Waals surface area contributed by atoms with E-state index in [-0.39, 0.29) is 6.61 Å². The van der Waals surface area contributed by atoms with E-state index in [1.807, 2.05) is 0 Å². The summed E-state index contributed by atoms with van der Waals surface area (Å²) in [5.74, 6) is 0.905. The van der Waals surface area contributed by atoms with Crippen molar-refractivity contribution in [1.82, 2.24) is 0 Å². The highest BCUT2D eigenvalue weighted by molar-refractivity contribution is 9.11.